The minimum Gasteiger partial charge on any atom is -0.494 e. The smallest absolute Gasteiger partial charge is 0.191 e. The maximum absolute atomic E-state index is 13.5. The Hall–Kier alpha value is -1.40. The fourth-order valence-electron chi connectivity index (χ4n) is 1.14. The van der Waals surface area contributed by atoms with Crippen LogP contribution in [0.1, 0.15) is 0 Å². The summed E-state index contributed by atoms with van der Waals surface area (Å²) in [4.78, 5) is 0. The molecule has 3 N–H and O–H groups in total. The molecule has 1 aromatic carbocycles. The van der Waals surface area contributed by atoms with Crippen molar-refractivity contribution in [3.8, 4) is 5.75 Å². The van der Waals surface area contributed by atoms with E-state index in [9.17, 15) is 8.78 Å². The van der Waals surface area contributed by atoms with Crippen molar-refractivity contribution in [1.82, 2.24) is 0 Å². The lowest BCUT2D eigenvalue weighted by Crippen LogP contribution is -2.23. The largest absolute Gasteiger partial charge is 0.494 e. The van der Waals surface area contributed by atoms with Crippen LogP contribution in [0.15, 0.2) is 12.1 Å². The van der Waals surface area contributed by atoms with Crippen molar-refractivity contribution in [2.45, 2.75) is 6.10 Å². The number of aliphatic hydroxyl groups is 2. The molecule has 0 aliphatic rings. The molecular weight excluding hydrogens is 220 g/mol. The molecule has 90 valence electrons. The minimum absolute atomic E-state index is 0.0950. The molecule has 0 spiro atoms. The van der Waals surface area contributed by atoms with E-state index in [1.54, 1.807) is 0 Å². The van der Waals surface area contributed by atoms with Gasteiger partial charge in [0, 0.05) is 6.54 Å². The van der Waals surface area contributed by atoms with Gasteiger partial charge in [-0.3, -0.25) is 0 Å². The van der Waals surface area contributed by atoms with Gasteiger partial charge in [-0.1, -0.05) is 0 Å². The van der Waals surface area contributed by atoms with E-state index in [0.717, 1.165) is 12.1 Å². The van der Waals surface area contributed by atoms with Crippen molar-refractivity contribution in [1.29, 1.82) is 0 Å². The molecule has 0 radical (unpaired) electrons. The van der Waals surface area contributed by atoms with Crippen LogP contribution in [0.5, 0.6) is 5.75 Å². The van der Waals surface area contributed by atoms with Crippen LogP contribution in [-0.2, 0) is 0 Å². The lowest BCUT2D eigenvalue weighted by Gasteiger charge is -2.13. The quantitative estimate of drug-likeness (QED) is 0.702. The number of aliphatic hydroxyl groups excluding tert-OH is 2. The molecule has 0 bridgehead atoms. The van der Waals surface area contributed by atoms with Crippen LogP contribution in [-0.4, -0.2) is 36.6 Å². The van der Waals surface area contributed by atoms with Gasteiger partial charge in [0.05, 0.1) is 19.8 Å². The van der Waals surface area contributed by atoms with Crippen LogP contribution in [0.25, 0.3) is 0 Å². The van der Waals surface area contributed by atoms with E-state index in [1.807, 2.05) is 0 Å². The summed E-state index contributed by atoms with van der Waals surface area (Å²) in [7, 11) is 1.27. The number of benzene rings is 1. The van der Waals surface area contributed by atoms with Gasteiger partial charge >= 0.3 is 0 Å². The van der Waals surface area contributed by atoms with Crippen molar-refractivity contribution in [2.75, 3.05) is 25.6 Å². The monoisotopic (exact) mass is 233 g/mol. The molecule has 0 heterocycles. The third-order valence-corrected chi connectivity index (χ3v) is 2.00. The Balaban J connectivity index is 2.85. The number of hydrogen-bond donors (Lipinski definition) is 3. The number of halogens is 2. The first-order valence-electron chi connectivity index (χ1n) is 4.65. The fraction of sp³-hybridized carbons (Fsp3) is 0.400. The first kappa shape index (κ1) is 12.7. The SMILES string of the molecule is COc1ccc(F)c(NCC(O)CO)c1F. The molecule has 1 atom stereocenters. The van der Waals surface area contributed by atoms with Crippen LogP contribution in [0.2, 0.25) is 0 Å². The van der Waals surface area contributed by atoms with Gasteiger partial charge in [0.2, 0.25) is 0 Å². The third kappa shape index (κ3) is 2.80. The van der Waals surface area contributed by atoms with E-state index in [-0.39, 0.29) is 18.0 Å². The fourth-order valence-corrected chi connectivity index (χ4v) is 1.14. The highest BCUT2D eigenvalue weighted by Crippen LogP contribution is 2.27. The van der Waals surface area contributed by atoms with E-state index >= 15 is 0 Å². The van der Waals surface area contributed by atoms with Crippen LogP contribution >= 0.6 is 0 Å². The highest BCUT2D eigenvalue weighted by molar-refractivity contribution is 5.51. The average Bonchev–Trinajstić information content (AvgIpc) is 2.28. The predicted octanol–water partition coefficient (Wildman–Crippen LogP) is 0.738. The highest BCUT2D eigenvalue weighted by atomic mass is 19.1. The van der Waals surface area contributed by atoms with Gasteiger partial charge in [0.15, 0.2) is 11.6 Å². The summed E-state index contributed by atoms with van der Waals surface area (Å²) in [5.41, 5.74) is -0.383. The van der Waals surface area contributed by atoms with Crippen LogP contribution in [0.3, 0.4) is 0 Å². The van der Waals surface area contributed by atoms with E-state index in [0.29, 0.717) is 0 Å². The molecule has 1 rings (SSSR count). The van der Waals surface area contributed by atoms with E-state index in [2.05, 4.69) is 10.1 Å². The number of rotatable bonds is 5. The van der Waals surface area contributed by atoms with Crippen LogP contribution in [0, 0.1) is 11.6 Å². The second-order valence-corrected chi connectivity index (χ2v) is 3.16. The van der Waals surface area contributed by atoms with E-state index in [4.69, 9.17) is 10.2 Å². The van der Waals surface area contributed by atoms with Crippen molar-refractivity contribution in [2.24, 2.45) is 0 Å². The molecule has 0 saturated carbocycles. The zero-order valence-electron chi connectivity index (χ0n) is 8.70. The Bertz CT molecular complexity index is 360. The summed E-state index contributed by atoms with van der Waals surface area (Å²) < 4.78 is 31.4. The molecule has 0 saturated heterocycles. The van der Waals surface area contributed by atoms with Gasteiger partial charge in [0.1, 0.15) is 11.5 Å². The molecule has 16 heavy (non-hydrogen) atoms. The first-order valence-corrected chi connectivity index (χ1v) is 4.65. The second kappa shape index (κ2) is 5.62. The molecule has 0 aliphatic heterocycles. The van der Waals surface area contributed by atoms with E-state index < -0.39 is 24.3 Å². The normalized spacial score (nSPS) is 12.3. The molecule has 0 fully saturated rings. The predicted molar refractivity (Wildman–Crippen MR) is 54.5 cm³/mol. The Kier molecular flexibility index (Phi) is 4.45. The molecule has 1 aromatic rings. The van der Waals surface area contributed by atoms with Gasteiger partial charge in [-0.05, 0) is 12.1 Å². The number of nitrogens with one attached hydrogen (secondary N) is 1. The third-order valence-electron chi connectivity index (χ3n) is 2.00. The van der Waals surface area contributed by atoms with Crippen molar-refractivity contribution >= 4 is 5.69 Å². The van der Waals surface area contributed by atoms with Crippen molar-refractivity contribution in [3.63, 3.8) is 0 Å². The summed E-state index contributed by atoms with van der Waals surface area (Å²) >= 11 is 0. The van der Waals surface area contributed by atoms with Crippen molar-refractivity contribution in [3.05, 3.63) is 23.8 Å². The first-order chi connectivity index (χ1) is 7.60. The lowest BCUT2D eigenvalue weighted by molar-refractivity contribution is 0.105. The van der Waals surface area contributed by atoms with Crippen LogP contribution in [0.4, 0.5) is 14.5 Å². The highest BCUT2D eigenvalue weighted by Gasteiger charge is 2.14. The second-order valence-electron chi connectivity index (χ2n) is 3.16. The topological polar surface area (TPSA) is 61.7 Å². The van der Waals surface area contributed by atoms with Gasteiger partial charge in [-0.2, -0.15) is 0 Å². The molecular formula is C10H13F2NO3. The van der Waals surface area contributed by atoms with Gasteiger partial charge < -0.3 is 20.3 Å². The number of ether oxygens (including phenoxy) is 1. The number of hydrogen-bond acceptors (Lipinski definition) is 4. The summed E-state index contributed by atoms with van der Waals surface area (Å²) in [6.45, 7) is -0.641. The summed E-state index contributed by atoms with van der Waals surface area (Å²) in [6.07, 6.45) is -1.08. The standard InChI is InChI=1S/C10H13F2NO3/c1-16-8-3-2-7(11)10(9(8)12)13-4-6(15)5-14/h2-3,6,13-15H,4-5H2,1H3. The maximum atomic E-state index is 13.5. The van der Waals surface area contributed by atoms with Gasteiger partial charge in [-0.25, -0.2) is 8.78 Å². The summed E-state index contributed by atoms with van der Waals surface area (Å²) in [5, 5.41) is 20.0. The maximum Gasteiger partial charge on any atom is 0.191 e. The van der Waals surface area contributed by atoms with Gasteiger partial charge in [-0.15, -0.1) is 0 Å². The molecule has 0 aromatic heterocycles. The molecule has 0 amide bonds. The zero-order chi connectivity index (χ0) is 12.1. The number of methoxy groups -OCH3 is 1. The molecule has 0 aliphatic carbocycles. The zero-order valence-corrected chi connectivity index (χ0v) is 8.70. The Morgan fingerprint density at radius 1 is 1.44 bits per heavy atom. The lowest BCUT2D eigenvalue weighted by atomic mass is 10.2. The Morgan fingerprint density at radius 2 is 2.12 bits per heavy atom. The van der Waals surface area contributed by atoms with Crippen LogP contribution < -0.4 is 10.1 Å². The molecule has 4 nitrogen and oxygen atoms in total. The summed E-state index contributed by atoms with van der Waals surface area (Å²) in [5.74, 6) is -1.75. The van der Waals surface area contributed by atoms with Gasteiger partial charge in [0.25, 0.3) is 0 Å². The Labute approximate surface area is 91.5 Å². The molecule has 6 heteroatoms. The van der Waals surface area contributed by atoms with E-state index in [1.165, 1.54) is 7.11 Å². The minimum atomic E-state index is -1.08. The number of anilines is 1. The summed E-state index contributed by atoms with van der Waals surface area (Å²) in [6, 6.07) is 2.22. The van der Waals surface area contributed by atoms with Crippen molar-refractivity contribution < 1.29 is 23.7 Å². The molecule has 1 unspecified atom stereocenters. The Morgan fingerprint density at radius 3 is 2.69 bits per heavy atom. The average molecular weight is 233 g/mol.